The Kier molecular flexibility index (Phi) is 7.47. The molecule has 37 heavy (non-hydrogen) atoms. The number of nitrogens with zero attached hydrogens (tertiary/aromatic N) is 1. The van der Waals surface area contributed by atoms with Crippen molar-refractivity contribution in [2.24, 2.45) is 17.8 Å². The van der Waals surface area contributed by atoms with Gasteiger partial charge in [0.05, 0.1) is 18.1 Å². The van der Waals surface area contributed by atoms with E-state index in [1.165, 1.54) is 4.90 Å². The van der Waals surface area contributed by atoms with E-state index in [1.54, 1.807) is 0 Å². The van der Waals surface area contributed by atoms with Crippen LogP contribution in [-0.4, -0.2) is 46.7 Å². The Bertz CT molecular complexity index is 1130. The molecule has 2 aromatic rings. The highest BCUT2D eigenvalue weighted by Gasteiger charge is 2.62. The van der Waals surface area contributed by atoms with Crippen molar-refractivity contribution in [3.05, 3.63) is 71.8 Å². The summed E-state index contributed by atoms with van der Waals surface area (Å²) in [5, 5.41) is 0. The van der Waals surface area contributed by atoms with Gasteiger partial charge in [-0.3, -0.25) is 4.79 Å². The third kappa shape index (κ3) is 5.28. The molecule has 0 aliphatic carbocycles. The van der Waals surface area contributed by atoms with Crippen molar-refractivity contribution in [1.82, 2.24) is 4.90 Å². The lowest BCUT2D eigenvalue weighted by molar-refractivity contribution is -0.186. The minimum Gasteiger partial charge on any atom is -0.458 e. The van der Waals surface area contributed by atoms with Gasteiger partial charge in [-0.05, 0) is 37.8 Å². The van der Waals surface area contributed by atoms with Gasteiger partial charge in [-0.25, -0.2) is 14.5 Å². The summed E-state index contributed by atoms with van der Waals surface area (Å²) in [4.78, 5) is 42.1. The van der Waals surface area contributed by atoms with Crippen LogP contribution < -0.4 is 0 Å². The molecule has 2 fully saturated rings. The molecule has 5 atom stereocenters. The molecular weight excluding hydrogens is 470 g/mol. The lowest BCUT2D eigenvalue weighted by Crippen LogP contribution is -2.52. The molecule has 2 saturated heterocycles. The molecule has 198 valence electrons. The zero-order chi connectivity index (χ0) is 27.0. The standard InChI is InChI=1S/C30H37NO6/c1-19(2)23-18-35-28(34)31(23)26(32)24-20(3)30(27(33)37-29(4,5)6,17-21-13-9-7-10-14-21)36-25(24)22-15-11-8-12-16-22/h7-16,19-20,23-25H,17-18H2,1-6H3/t20-,23+,24-,25-,30-/m0/s1. The number of hydrogen-bond acceptors (Lipinski definition) is 6. The minimum atomic E-state index is -1.44. The molecule has 0 N–H and O–H groups in total. The summed E-state index contributed by atoms with van der Waals surface area (Å²) in [7, 11) is 0. The maximum Gasteiger partial charge on any atom is 0.416 e. The number of carbonyl (C=O) groups excluding carboxylic acids is 3. The quantitative estimate of drug-likeness (QED) is 0.491. The van der Waals surface area contributed by atoms with Crippen molar-refractivity contribution in [3.63, 3.8) is 0 Å². The third-order valence-corrected chi connectivity index (χ3v) is 7.32. The molecule has 2 amide bonds. The smallest absolute Gasteiger partial charge is 0.416 e. The lowest BCUT2D eigenvalue weighted by Gasteiger charge is -2.35. The van der Waals surface area contributed by atoms with Crippen molar-refractivity contribution in [1.29, 1.82) is 0 Å². The van der Waals surface area contributed by atoms with Gasteiger partial charge in [0.25, 0.3) is 0 Å². The number of ether oxygens (including phenoxy) is 3. The van der Waals surface area contributed by atoms with Crippen LogP contribution in [-0.2, 0) is 30.2 Å². The van der Waals surface area contributed by atoms with Gasteiger partial charge in [0.2, 0.25) is 5.91 Å². The van der Waals surface area contributed by atoms with Gasteiger partial charge in [-0.15, -0.1) is 0 Å². The molecule has 0 spiro atoms. The minimum absolute atomic E-state index is 0.0168. The second-order valence-electron chi connectivity index (χ2n) is 11.4. The van der Waals surface area contributed by atoms with E-state index in [1.807, 2.05) is 102 Å². The molecule has 7 heteroatoms. The van der Waals surface area contributed by atoms with E-state index >= 15 is 0 Å². The number of cyclic esters (lactones) is 1. The van der Waals surface area contributed by atoms with Gasteiger partial charge in [0.15, 0.2) is 5.60 Å². The van der Waals surface area contributed by atoms with Crippen LogP contribution in [0.5, 0.6) is 0 Å². The monoisotopic (exact) mass is 507 g/mol. The van der Waals surface area contributed by atoms with Crippen LogP contribution in [0.2, 0.25) is 0 Å². The molecule has 0 unspecified atom stereocenters. The normalized spacial score (nSPS) is 27.9. The zero-order valence-corrected chi connectivity index (χ0v) is 22.5. The molecule has 7 nitrogen and oxygen atoms in total. The predicted molar refractivity (Wildman–Crippen MR) is 138 cm³/mol. The van der Waals surface area contributed by atoms with Gasteiger partial charge >= 0.3 is 12.1 Å². The fourth-order valence-electron chi connectivity index (χ4n) is 5.33. The molecule has 0 saturated carbocycles. The van der Waals surface area contributed by atoms with Gasteiger partial charge < -0.3 is 14.2 Å². The summed E-state index contributed by atoms with van der Waals surface area (Å²) >= 11 is 0. The van der Waals surface area contributed by atoms with Crippen LogP contribution in [0.3, 0.4) is 0 Å². The zero-order valence-electron chi connectivity index (χ0n) is 22.5. The Morgan fingerprint density at radius 1 is 1.05 bits per heavy atom. The molecule has 2 aromatic carbocycles. The fourth-order valence-corrected chi connectivity index (χ4v) is 5.33. The van der Waals surface area contributed by atoms with Crippen molar-refractivity contribution in [3.8, 4) is 0 Å². The van der Waals surface area contributed by atoms with Crippen molar-refractivity contribution < 1.29 is 28.6 Å². The van der Waals surface area contributed by atoms with E-state index in [4.69, 9.17) is 14.2 Å². The van der Waals surface area contributed by atoms with Crippen LogP contribution in [0.25, 0.3) is 0 Å². The van der Waals surface area contributed by atoms with E-state index in [2.05, 4.69) is 0 Å². The topological polar surface area (TPSA) is 82.1 Å². The molecule has 4 rings (SSSR count). The Labute approximate surface area is 219 Å². The summed E-state index contributed by atoms with van der Waals surface area (Å²) in [5.41, 5.74) is -0.539. The highest BCUT2D eigenvalue weighted by molar-refractivity contribution is 5.96. The first-order valence-electron chi connectivity index (χ1n) is 12.9. The summed E-state index contributed by atoms with van der Waals surface area (Å²) in [6.45, 7) is 11.3. The summed E-state index contributed by atoms with van der Waals surface area (Å²) in [6.07, 6.45) is -1.17. The highest BCUT2D eigenvalue weighted by Crippen LogP contribution is 2.51. The van der Waals surface area contributed by atoms with E-state index in [0.717, 1.165) is 11.1 Å². The molecule has 2 aliphatic heterocycles. The maximum atomic E-state index is 14.2. The number of amides is 2. The van der Waals surface area contributed by atoms with Crippen molar-refractivity contribution in [2.45, 2.75) is 71.3 Å². The molecule has 0 aromatic heterocycles. The number of rotatable bonds is 6. The van der Waals surface area contributed by atoms with Crippen LogP contribution in [0.1, 0.15) is 58.8 Å². The molecule has 0 bridgehead atoms. The first-order chi connectivity index (χ1) is 17.4. The predicted octanol–water partition coefficient (Wildman–Crippen LogP) is 5.34. The van der Waals surface area contributed by atoms with Crippen LogP contribution in [0, 0.1) is 17.8 Å². The van der Waals surface area contributed by atoms with E-state index in [-0.39, 0.29) is 30.9 Å². The van der Waals surface area contributed by atoms with Gasteiger partial charge in [-0.1, -0.05) is 81.4 Å². The molecule has 2 aliphatic rings. The van der Waals surface area contributed by atoms with Crippen LogP contribution >= 0.6 is 0 Å². The fraction of sp³-hybridized carbons (Fsp3) is 0.500. The second-order valence-corrected chi connectivity index (χ2v) is 11.4. The van der Waals surface area contributed by atoms with Crippen molar-refractivity contribution in [2.75, 3.05) is 6.61 Å². The number of carbonyl (C=O) groups is 3. The lowest BCUT2D eigenvalue weighted by atomic mass is 9.75. The molecule has 0 radical (unpaired) electrons. The third-order valence-electron chi connectivity index (χ3n) is 7.32. The van der Waals surface area contributed by atoms with Gasteiger partial charge in [0, 0.05) is 12.3 Å². The Balaban J connectivity index is 1.83. The van der Waals surface area contributed by atoms with Crippen LogP contribution in [0.4, 0.5) is 4.79 Å². The number of esters is 1. The largest absolute Gasteiger partial charge is 0.458 e. The molecular formula is C30H37NO6. The number of imide groups is 1. The number of benzene rings is 2. The Morgan fingerprint density at radius 2 is 1.65 bits per heavy atom. The average Bonchev–Trinajstić information content (AvgIpc) is 3.37. The van der Waals surface area contributed by atoms with Gasteiger partial charge in [0.1, 0.15) is 12.2 Å². The Morgan fingerprint density at radius 3 is 2.22 bits per heavy atom. The maximum absolute atomic E-state index is 14.2. The Hall–Kier alpha value is -3.19. The van der Waals surface area contributed by atoms with Crippen LogP contribution in [0.15, 0.2) is 60.7 Å². The SMILES string of the molecule is CC(C)[C@H]1COC(=O)N1C(=O)[C@@H]1[C@H](c2ccccc2)O[C@](Cc2ccccc2)(C(=O)OC(C)(C)C)[C@H]1C. The average molecular weight is 508 g/mol. The highest BCUT2D eigenvalue weighted by atomic mass is 16.6. The first kappa shape index (κ1) is 26.9. The summed E-state index contributed by atoms with van der Waals surface area (Å²) in [5.74, 6) is -2.28. The van der Waals surface area contributed by atoms with E-state index < -0.39 is 41.2 Å². The second kappa shape index (κ2) is 10.3. The number of hydrogen-bond donors (Lipinski definition) is 0. The van der Waals surface area contributed by atoms with Crippen molar-refractivity contribution >= 4 is 18.0 Å². The van der Waals surface area contributed by atoms with E-state index in [0.29, 0.717) is 0 Å². The molecule has 2 heterocycles. The summed E-state index contributed by atoms with van der Waals surface area (Å²) < 4.78 is 17.9. The van der Waals surface area contributed by atoms with Gasteiger partial charge in [-0.2, -0.15) is 0 Å². The summed E-state index contributed by atoms with van der Waals surface area (Å²) in [6, 6.07) is 18.6. The van der Waals surface area contributed by atoms with E-state index in [9.17, 15) is 14.4 Å². The first-order valence-corrected chi connectivity index (χ1v) is 12.9.